The minimum atomic E-state index is -4.04. The van der Waals surface area contributed by atoms with Crippen molar-refractivity contribution in [2.45, 2.75) is 109 Å². The van der Waals surface area contributed by atoms with E-state index in [4.69, 9.17) is 4.55 Å². The minimum absolute atomic E-state index is 0. The van der Waals surface area contributed by atoms with Gasteiger partial charge in [0, 0.05) is 29.6 Å². The monoisotopic (exact) mass is 373 g/mol. The summed E-state index contributed by atoms with van der Waals surface area (Å²) in [7, 11) is -4.04. The molecule has 0 spiro atoms. The van der Waals surface area contributed by atoms with E-state index in [2.05, 4.69) is 6.92 Å². The Morgan fingerprint density at radius 1 is 0.708 bits per heavy atom. The Balaban J connectivity index is 0. The van der Waals surface area contributed by atoms with Crippen molar-refractivity contribution in [2.75, 3.05) is 5.75 Å². The molecule has 0 aliphatic heterocycles. The van der Waals surface area contributed by atoms with E-state index in [0.29, 0.717) is 6.42 Å². The molecule has 0 aromatic rings. The van der Waals surface area contributed by atoms with Gasteiger partial charge in [-0.25, -0.2) is 0 Å². The van der Waals surface area contributed by atoms with Crippen LogP contribution in [0.5, 0.6) is 0 Å². The molecule has 4 nitrogen and oxygen atoms in total. The van der Waals surface area contributed by atoms with Crippen LogP contribution in [0.15, 0.2) is 0 Å². The molecule has 1 atom stereocenters. The molecule has 0 fully saturated rings. The summed E-state index contributed by atoms with van der Waals surface area (Å²) in [5.74, 6) is -0.536. The van der Waals surface area contributed by atoms with E-state index in [-0.39, 0.29) is 29.6 Å². The summed E-state index contributed by atoms with van der Waals surface area (Å²) in [5, 5.41) is 9.44. The zero-order valence-corrected chi connectivity index (χ0v) is 18.8. The van der Waals surface area contributed by atoms with Crippen LogP contribution in [0.4, 0.5) is 0 Å². The molecule has 0 aliphatic carbocycles. The van der Waals surface area contributed by atoms with Gasteiger partial charge in [-0.15, -0.1) is 0 Å². The molecule has 0 saturated heterocycles. The predicted octanol–water partition coefficient (Wildman–Crippen LogP) is 4.73. The second-order valence-corrected chi connectivity index (χ2v) is 8.28. The molecule has 0 amide bonds. The van der Waals surface area contributed by atoms with E-state index in [1.807, 2.05) is 0 Å². The van der Waals surface area contributed by atoms with Gasteiger partial charge >= 0.3 is 0 Å². The van der Waals surface area contributed by atoms with Crippen LogP contribution >= 0.6 is 0 Å². The maximum absolute atomic E-state index is 10.6. The Labute approximate surface area is 172 Å². The topological polar surface area (TPSA) is 74.6 Å². The van der Waals surface area contributed by atoms with Crippen molar-refractivity contribution in [1.82, 2.24) is 0 Å². The normalized spacial score (nSPS) is 12.8. The van der Waals surface area contributed by atoms with Gasteiger partial charge < -0.3 is 5.11 Å². The molecule has 6 heteroatoms. The van der Waals surface area contributed by atoms with E-state index in [0.717, 1.165) is 19.3 Å². The Hall–Kier alpha value is 0.870. The molecule has 2 N–H and O–H groups in total. The molecule has 0 bridgehead atoms. The second kappa shape index (κ2) is 18.7. The van der Waals surface area contributed by atoms with Gasteiger partial charge in [0.2, 0.25) is 0 Å². The maximum atomic E-state index is 10.6. The number of aliphatic hydroxyl groups is 1. The smallest absolute Gasteiger partial charge is 0.267 e. The SMILES string of the molecule is CCCCCCCCCCCCCCCCC(O)CS(=O)(=O)O.[Na]. The Morgan fingerprint density at radius 2 is 1.04 bits per heavy atom. The molecule has 0 aromatic heterocycles. The maximum Gasteiger partial charge on any atom is 0.267 e. The summed E-state index contributed by atoms with van der Waals surface area (Å²) in [6.45, 7) is 2.25. The van der Waals surface area contributed by atoms with Crippen molar-refractivity contribution in [3.05, 3.63) is 0 Å². The van der Waals surface area contributed by atoms with Crippen LogP contribution in [-0.2, 0) is 10.1 Å². The summed E-state index contributed by atoms with van der Waals surface area (Å²) in [6.07, 6.45) is 17.4. The van der Waals surface area contributed by atoms with Gasteiger partial charge in [-0.2, -0.15) is 8.42 Å². The minimum Gasteiger partial charge on any atom is -0.392 e. The zero-order valence-electron chi connectivity index (χ0n) is 16.0. The summed E-state index contributed by atoms with van der Waals surface area (Å²) >= 11 is 0. The standard InChI is InChI=1S/C18H38O4S.Na/c1-2-3-4-5-6-7-8-9-10-11-12-13-14-15-16-18(19)17-23(20,21)22;/h18-19H,2-17H2,1H3,(H,20,21,22);. The van der Waals surface area contributed by atoms with Crippen LogP contribution in [-0.4, -0.2) is 59.5 Å². The van der Waals surface area contributed by atoms with E-state index in [9.17, 15) is 13.5 Å². The number of rotatable bonds is 17. The predicted molar refractivity (Wildman–Crippen MR) is 103 cm³/mol. The molecular weight excluding hydrogens is 335 g/mol. The third-order valence-corrected chi connectivity index (χ3v) is 5.10. The molecule has 141 valence electrons. The van der Waals surface area contributed by atoms with Gasteiger partial charge in [0.05, 0.1) is 6.10 Å². The van der Waals surface area contributed by atoms with Gasteiger partial charge in [0.25, 0.3) is 10.1 Å². The molecule has 0 heterocycles. The summed E-state index contributed by atoms with van der Waals surface area (Å²) in [5.41, 5.74) is 0. The first-order valence-corrected chi connectivity index (χ1v) is 11.2. The largest absolute Gasteiger partial charge is 0.392 e. The Kier molecular flexibility index (Phi) is 21.1. The van der Waals surface area contributed by atoms with Crippen LogP contribution in [0.2, 0.25) is 0 Å². The Morgan fingerprint density at radius 3 is 1.38 bits per heavy atom. The quantitative estimate of drug-likeness (QED) is 0.220. The molecule has 0 aromatic carbocycles. The summed E-state index contributed by atoms with van der Waals surface area (Å²) in [4.78, 5) is 0. The van der Waals surface area contributed by atoms with Crippen molar-refractivity contribution >= 4 is 39.7 Å². The molecule has 0 saturated carbocycles. The van der Waals surface area contributed by atoms with Crippen molar-refractivity contribution in [2.24, 2.45) is 0 Å². The van der Waals surface area contributed by atoms with Crippen molar-refractivity contribution in [3.8, 4) is 0 Å². The fourth-order valence-corrected chi connectivity index (χ4v) is 3.55. The van der Waals surface area contributed by atoms with Crippen molar-refractivity contribution in [3.63, 3.8) is 0 Å². The molecule has 0 rings (SSSR count). The second-order valence-electron chi connectivity index (χ2n) is 6.79. The molecule has 24 heavy (non-hydrogen) atoms. The van der Waals surface area contributed by atoms with Gasteiger partial charge in [-0.3, -0.25) is 4.55 Å². The van der Waals surface area contributed by atoms with E-state index in [1.165, 1.54) is 70.6 Å². The van der Waals surface area contributed by atoms with E-state index < -0.39 is 22.0 Å². The fraction of sp³-hybridized carbons (Fsp3) is 1.00. The fourth-order valence-electron chi connectivity index (χ4n) is 2.90. The first-order chi connectivity index (χ1) is 11.0. The zero-order chi connectivity index (χ0) is 17.4. The number of hydrogen-bond acceptors (Lipinski definition) is 3. The van der Waals surface area contributed by atoms with Gasteiger partial charge in [-0.1, -0.05) is 96.8 Å². The third-order valence-electron chi connectivity index (χ3n) is 4.29. The average Bonchev–Trinajstić information content (AvgIpc) is 2.46. The van der Waals surface area contributed by atoms with E-state index in [1.54, 1.807) is 0 Å². The first-order valence-electron chi connectivity index (χ1n) is 9.59. The Bertz CT molecular complexity index is 347. The van der Waals surface area contributed by atoms with Crippen LogP contribution in [0, 0.1) is 0 Å². The number of unbranched alkanes of at least 4 members (excludes halogenated alkanes) is 13. The van der Waals surface area contributed by atoms with Crippen molar-refractivity contribution in [1.29, 1.82) is 0 Å². The van der Waals surface area contributed by atoms with Crippen LogP contribution < -0.4 is 0 Å². The molecular formula is C18H38NaO4S. The van der Waals surface area contributed by atoms with Crippen LogP contribution in [0.3, 0.4) is 0 Å². The third kappa shape index (κ3) is 22.9. The van der Waals surface area contributed by atoms with Crippen molar-refractivity contribution < 1.29 is 18.1 Å². The average molecular weight is 374 g/mol. The summed E-state index contributed by atoms with van der Waals surface area (Å²) < 4.78 is 29.8. The van der Waals surface area contributed by atoms with Crippen LogP contribution in [0.25, 0.3) is 0 Å². The molecule has 1 radical (unpaired) electrons. The first kappa shape index (κ1) is 27.1. The number of aliphatic hydroxyl groups excluding tert-OH is 1. The van der Waals surface area contributed by atoms with Gasteiger partial charge in [0.1, 0.15) is 5.75 Å². The van der Waals surface area contributed by atoms with Gasteiger partial charge in [0.15, 0.2) is 0 Å². The number of hydrogen-bond donors (Lipinski definition) is 2. The van der Waals surface area contributed by atoms with Gasteiger partial charge in [-0.05, 0) is 6.42 Å². The van der Waals surface area contributed by atoms with E-state index >= 15 is 0 Å². The van der Waals surface area contributed by atoms with Crippen LogP contribution in [0.1, 0.15) is 103 Å². The summed E-state index contributed by atoms with van der Waals surface area (Å²) in [6, 6.07) is 0. The molecule has 1 unspecified atom stereocenters. The molecule has 0 aliphatic rings.